The van der Waals surface area contributed by atoms with Gasteiger partial charge in [0.15, 0.2) is 0 Å². The average molecular weight is 347 g/mol. The number of hydrogen-bond acceptors (Lipinski definition) is 3. The third-order valence-corrected chi connectivity index (χ3v) is 4.91. The number of nitrogens with one attached hydrogen (secondary N) is 1. The summed E-state index contributed by atoms with van der Waals surface area (Å²) in [4.78, 5) is 11.9. The highest BCUT2D eigenvalue weighted by atomic mass is 79.9. The Morgan fingerprint density at radius 3 is 2.68 bits per heavy atom. The van der Waals surface area contributed by atoms with Gasteiger partial charge >= 0.3 is 0 Å². The summed E-state index contributed by atoms with van der Waals surface area (Å²) in [6, 6.07) is 4.15. The van der Waals surface area contributed by atoms with Gasteiger partial charge in [0.05, 0.1) is 10.5 Å². The monoisotopic (exact) mass is 346 g/mol. The number of amides is 1. The molecule has 0 heterocycles. The van der Waals surface area contributed by atoms with Crippen LogP contribution in [0, 0.1) is 11.8 Å². The molecule has 2 atom stereocenters. The van der Waals surface area contributed by atoms with E-state index in [-0.39, 0.29) is 16.4 Å². The number of halogens is 1. The van der Waals surface area contributed by atoms with Gasteiger partial charge in [-0.2, -0.15) is 0 Å². The Bertz CT molecular complexity index is 615. The highest BCUT2D eigenvalue weighted by Gasteiger charge is 2.32. The second-order valence-electron chi connectivity index (χ2n) is 4.87. The number of sulfonamides is 1. The molecule has 7 heteroatoms. The van der Waals surface area contributed by atoms with Crippen LogP contribution in [-0.4, -0.2) is 20.9 Å². The summed E-state index contributed by atoms with van der Waals surface area (Å²) in [5.74, 6) is 0.889. The summed E-state index contributed by atoms with van der Waals surface area (Å²) in [7, 11) is -3.80. The number of carbonyl (C=O) groups excluding carboxylic acids is 1. The fraction of sp³-hybridized carbons (Fsp3) is 0.417. The fourth-order valence-electron chi connectivity index (χ4n) is 1.86. The quantitative estimate of drug-likeness (QED) is 0.865. The van der Waals surface area contributed by atoms with E-state index in [4.69, 9.17) is 5.14 Å². The molecule has 3 N–H and O–H groups in total. The molecule has 1 amide bonds. The summed E-state index contributed by atoms with van der Waals surface area (Å²) in [5, 5.41) is 7.86. The lowest BCUT2D eigenvalue weighted by atomic mass is 10.2. The lowest BCUT2D eigenvalue weighted by Crippen LogP contribution is -2.26. The molecule has 1 aromatic carbocycles. The molecule has 0 aromatic heterocycles. The van der Waals surface area contributed by atoms with Crippen LogP contribution in [0.15, 0.2) is 27.6 Å². The van der Waals surface area contributed by atoms with Gasteiger partial charge in [-0.25, -0.2) is 13.6 Å². The molecule has 1 aromatic rings. The van der Waals surface area contributed by atoms with E-state index < -0.39 is 10.0 Å². The third-order valence-electron chi connectivity index (χ3n) is 3.31. The molecular formula is C12H15BrN2O3S. The van der Waals surface area contributed by atoms with Crippen LogP contribution in [0.5, 0.6) is 0 Å². The van der Waals surface area contributed by atoms with Gasteiger partial charge in [-0.1, -0.05) is 6.92 Å². The van der Waals surface area contributed by atoms with Crippen LogP contribution < -0.4 is 10.5 Å². The number of benzene rings is 1. The minimum Gasteiger partial charge on any atom is -0.352 e. The lowest BCUT2D eigenvalue weighted by molar-refractivity contribution is 0.0950. The van der Waals surface area contributed by atoms with Gasteiger partial charge in [-0.3, -0.25) is 4.79 Å². The van der Waals surface area contributed by atoms with Crippen molar-refractivity contribution in [2.75, 3.05) is 6.54 Å². The normalized spacial score (nSPS) is 22.1. The minimum atomic E-state index is -3.80. The molecule has 19 heavy (non-hydrogen) atoms. The van der Waals surface area contributed by atoms with Crippen LogP contribution in [-0.2, 0) is 10.0 Å². The average Bonchev–Trinajstić information content (AvgIpc) is 3.01. The summed E-state index contributed by atoms with van der Waals surface area (Å²) in [6.07, 6.45) is 1.12. The Morgan fingerprint density at radius 1 is 1.53 bits per heavy atom. The van der Waals surface area contributed by atoms with Crippen molar-refractivity contribution in [3.05, 3.63) is 28.2 Å². The molecule has 1 aliphatic rings. The first-order chi connectivity index (χ1) is 8.79. The van der Waals surface area contributed by atoms with E-state index in [9.17, 15) is 13.2 Å². The predicted octanol–water partition coefficient (Wildman–Crippen LogP) is 1.48. The summed E-state index contributed by atoms with van der Waals surface area (Å²) in [5.41, 5.74) is 0.278. The number of carbonyl (C=O) groups is 1. The summed E-state index contributed by atoms with van der Waals surface area (Å²) in [6.45, 7) is 2.75. The molecule has 0 unspecified atom stereocenters. The fourth-order valence-corrected chi connectivity index (χ4v) is 2.82. The Morgan fingerprint density at radius 2 is 2.16 bits per heavy atom. The molecule has 0 aliphatic heterocycles. The standard InChI is InChI=1S/C12H15BrN2O3S/c1-7-4-8(7)6-15-12(16)10-5-9(19(14,17)18)2-3-11(10)13/h2-3,5,7-8H,4,6H2,1H3,(H,15,16)(H2,14,17,18)/t7-,8+/m1/s1. The van der Waals surface area contributed by atoms with Crippen molar-refractivity contribution < 1.29 is 13.2 Å². The third kappa shape index (κ3) is 3.55. The second-order valence-corrected chi connectivity index (χ2v) is 7.29. The van der Waals surface area contributed by atoms with Crippen LogP contribution in [0.3, 0.4) is 0 Å². The van der Waals surface area contributed by atoms with E-state index in [0.717, 1.165) is 6.42 Å². The summed E-state index contributed by atoms with van der Waals surface area (Å²) < 4.78 is 23.1. The Hall–Kier alpha value is -0.920. The molecule has 1 fully saturated rings. The van der Waals surface area contributed by atoms with Crippen molar-refractivity contribution in [1.82, 2.24) is 5.32 Å². The first-order valence-electron chi connectivity index (χ1n) is 5.89. The van der Waals surface area contributed by atoms with Gasteiger partial charge in [0.1, 0.15) is 0 Å². The molecule has 104 valence electrons. The molecule has 0 bridgehead atoms. The van der Waals surface area contributed by atoms with Crippen molar-refractivity contribution >= 4 is 31.9 Å². The van der Waals surface area contributed by atoms with Crippen LogP contribution in [0.4, 0.5) is 0 Å². The van der Waals surface area contributed by atoms with E-state index in [1.807, 2.05) is 0 Å². The SMILES string of the molecule is C[C@@H]1C[C@H]1CNC(=O)c1cc(S(N)(=O)=O)ccc1Br. The molecule has 1 saturated carbocycles. The van der Waals surface area contributed by atoms with E-state index in [0.29, 0.717) is 22.9 Å². The topological polar surface area (TPSA) is 89.3 Å². The first-order valence-corrected chi connectivity index (χ1v) is 8.23. The zero-order chi connectivity index (χ0) is 14.2. The Kier molecular flexibility index (Phi) is 3.98. The number of hydrogen-bond donors (Lipinski definition) is 2. The van der Waals surface area contributed by atoms with Crippen LogP contribution in [0.25, 0.3) is 0 Å². The number of rotatable bonds is 4. The largest absolute Gasteiger partial charge is 0.352 e. The lowest BCUT2D eigenvalue weighted by Gasteiger charge is -2.08. The van der Waals surface area contributed by atoms with E-state index >= 15 is 0 Å². The van der Waals surface area contributed by atoms with Crippen molar-refractivity contribution in [2.45, 2.75) is 18.2 Å². The number of primary sulfonamides is 1. The van der Waals surface area contributed by atoms with Crippen molar-refractivity contribution in [1.29, 1.82) is 0 Å². The molecule has 0 saturated heterocycles. The van der Waals surface area contributed by atoms with Gasteiger partial charge in [0, 0.05) is 11.0 Å². The van der Waals surface area contributed by atoms with E-state index in [1.54, 1.807) is 0 Å². The Balaban J connectivity index is 2.16. The molecule has 5 nitrogen and oxygen atoms in total. The Labute approximate surface area is 120 Å². The van der Waals surface area contributed by atoms with Gasteiger partial charge in [-0.15, -0.1) is 0 Å². The van der Waals surface area contributed by atoms with Crippen LogP contribution >= 0.6 is 15.9 Å². The minimum absolute atomic E-state index is 0.0689. The molecular weight excluding hydrogens is 332 g/mol. The maximum absolute atomic E-state index is 12.0. The molecule has 1 aliphatic carbocycles. The molecule has 0 radical (unpaired) electrons. The highest BCUT2D eigenvalue weighted by Crippen LogP contribution is 2.36. The number of nitrogens with two attached hydrogens (primary N) is 1. The van der Waals surface area contributed by atoms with Crippen molar-refractivity contribution in [3.8, 4) is 0 Å². The van der Waals surface area contributed by atoms with Crippen molar-refractivity contribution in [2.24, 2.45) is 17.0 Å². The summed E-state index contributed by atoms with van der Waals surface area (Å²) >= 11 is 3.24. The van der Waals surface area contributed by atoms with Crippen LogP contribution in [0.1, 0.15) is 23.7 Å². The first kappa shape index (κ1) is 14.5. The van der Waals surface area contributed by atoms with Gasteiger partial charge < -0.3 is 5.32 Å². The van der Waals surface area contributed by atoms with E-state index in [1.165, 1.54) is 18.2 Å². The maximum atomic E-state index is 12.0. The second kappa shape index (κ2) is 5.22. The van der Waals surface area contributed by atoms with Crippen LogP contribution in [0.2, 0.25) is 0 Å². The highest BCUT2D eigenvalue weighted by molar-refractivity contribution is 9.10. The maximum Gasteiger partial charge on any atom is 0.252 e. The smallest absolute Gasteiger partial charge is 0.252 e. The van der Waals surface area contributed by atoms with E-state index in [2.05, 4.69) is 28.2 Å². The zero-order valence-electron chi connectivity index (χ0n) is 10.4. The molecule has 0 spiro atoms. The zero-order valence-corrected chi connectivity index (χ0v) is 12.8. The van der Waals surface area contributed by atoms with Crippen molar-refractivity contribution in [3.63, 3.8) is 0 Å². The predicted molar refractivity (Wildman–Crippen MR) is 75.1 cm³/mol. The van der Waals surface area contributed by atoms with Gasteiger partial charge in [-0.05, 0) is 52.4 Å². The van der Waals surface area contributed by atoms with Gasteiger partial charge in [0.2, 0.25) is 10.0 Å². The van der Waals surface area contributed by atoms with Gasteiger partial charge in [0.25, 0.3) is 5.91 Å². The molecule has 2 rings (SSSR count).